The number of benzene rings is 10. The maximum absolute atomic E-state index is 5.88. The van der Waals surface area contributed by atoms with Crippen LogP contribution in [0.4, 0.5) is 34.1 Å². The molecule has 0 amide bonds. The molecule has 0 radical (unpaired) electrons. The topological polar surface area (TPSA) is 24.9 Å². The molecule has 0 aliphatic heterocycles. The van der Waals surface area contributed by atoms with Gasteiger partial charge in [-0.3, -0.25) is 0 Å². The SMILES string of the molecule is CCOc1cccc(-c2ccc(N(c3ccc(-c4cccc(OCC)c4)cc3)c3ccc4c(c3)C(CC)(CC)c3cc(N(c5ccc(-c6cccc(C)c6)cc5)c5ccc(-c6cccc(C)c6)cc5)ccc3-4)cc2)c1. The molecule has 10 aromatic carbocycles. The van der Waals surface area contributed by atoms with Gasteiger partial charge in [0.05, 0.1) is 13.2 Å². The monoisotopic (exact) mass is 976 g/mol. The zero-order valence-electron chi connectivity index (χ0n) is 44.0. The van der Waals surface area contributed by atoms with E-state index in [1.165, 1.54) is 55.6 Å². The molecule has 0 N–H and O–H groups in total. The Morgan fingerprint density at radius 3 is 0.920 bits per heavy atom. The Labute approximate surface area is 444 Å². The standard InChI is InChI=1S/C71H64N2O2/c1-7-71(8-2)69-47-63(72(59-31-23-51(24-32-59)55-17-11-15-49(5)43-55)60-33-25-52(26-34-60)56-18-12-16-50(6)44-56)39-41-67(69)68-42-40-64(48-70(68)71)73(61-35-27-53(28-36-61)57-19-13-21-65(45-57)74-9-3)62-37-29-54(30-38-62)58-20-14-22-66(46-58)75-10-4/h11-48H,7-10H2,1-6H3. The Balaban J connectivity index is 0.999. The third-order valence-corrected chi connectivity index (χ3v) is 15.2. The summed E-state index contributed by atoms with van der Waals surface area (Å²) < 4.78 is 11.8. The third-order valence-electron chi connectivity index (χ3n) is 15.2. The van der Waals surface area contributed by atoms with Crippen molar-refractivity contribution < 1.29 is 9.47 Å². The van der Waals surface area contributed by atoms with Crippen LogP contribution in [0.3, 0.4) is 0 Å². The fourth-order valence-electron chi connectivity index (χ4n) is 11.4. The van der Waals surface area contributed by atoms with E-state index in [-0.39, 0.29) is 5.41 Å². The van der Waals surface area contributed by atoms with Crippen LogP contribution >= 0.6 is 0 Å². The van der Waals surface area contributed by atoms with Crippen LogP contribution in [0.25, 0.3) is 55.6 Å². The summed E-state index contributed by atoms with van der Waals surface area (Å²) in [6.45, 7) is 14.3. The molecule has 1 aliphatic carbocycles. The Morgan fingerprint density at radius 1 is 0.307 bits per heavy atom. The van der Waals surface area contributed by atoms with Crippen molar-refractivity contribution in [1.29, 1.82) is 0 Å². The van der Waals surface area contributed by atoms with Gasteiger partial charge in [0.1, 0.15) is 11.5 Å². The zero-order chi connectivity index (χ0) is 51.5. The first-order valence-corrected chi connectivity index (χ1v) is 26.7. The van der Waals surface area contributed by atoms with Crippen molar-refractivity contribution in [3.05, 3.63) is 253 Å². The minimum absolute atomic E-state index is 0.219. The number of anilines is 6. The second-order valence-electron chi connectivity index (χ2n) is 19.8. The lowest BCUT2D eigenvalue weighted by Gasteiger charge is -2.33. The van der Waals surface area contributed by atoms with Crippen LogP contribution in [-0.2, 0) is 5.41 Å². The highest BCUT2D eigenvalue weighted by atomic mass is 16.5. The molecule has 0 unspecified atom stereocenters. The number of aryl methyl sites for hydroxylation is 2. The van der Waals surface area contributed by atoms with Crippen molar-refractivity contribution in [2.24, 2.45) is 0 Å². The molecule has 0 aromatic heterocycles. The van der Waals surface area contributed by atoms with E-state index < -0.39 is 0 Å². The minimum atomic E-state index is -0.219. The number of ether oxygens (including phenoxy) is 2. The maximum Gasteiger partial charge on any atom is 0.119 e. The molecule has 0 saturated carbocycles. The Morgan fingerprint density at radius 2 is 0.613 bits per heavy atom. The molecule has 0 spiro atoms. The van der Waals surface area contributed by atoms with Gasteiger partial charge < -0.3 is 19.3 Å². The van der Waals surface area contributed by atoms with E-state index in [1.54, 1.807) is 0 Å². The summed E-state index contributed by atoms with van der Waals surface area (Å²) in [7, 11) is 0. The molecule has 75 heavy (non-hydrogen) atoms. The average Bonchev–Trinajstić information content (AvgIpc) is 3.74. The predicted molar refractivity (Wildman–Crippen MR) is 316 cm³/mol. The summed E-state index contributed by atoms with van der Waals surface area (Å²) in [4.78, 5) is 4.84. The first-order valence-electron chi connectivity index (χ1n) is 26.7. The summed E-state index contributed by atoms with van der Waals surface area (Å²) in [5.74, 6) is 1.75. The van der Waals surface area contributed by atoms with Gasteiger partial charge in [0.25, 0.3) is 0 Å². The molecule has 0 atom stereocenters. The first kappa shape index (κ1) is 48.7. The lowest BCUT2D eigenvalue weighted by atomic mass is 9.73. The molecular weight excluding hydrogens is 913 g/mol. The highest BCUT2D eigenvalue weighted by molar-refractivity contribution is 5.90. The third kappa shape index (κ3) is 9.61. The van der Waals surface area contributed by atoms with Crippen molar-refractivity contribution in [3.8, 4) is 67.1 Å². The molecule has 0 heterocycles. The lowest BCUT2D eigenvalue weighted by Crippen LogP contribution is -2.24. The molecule has 10 aromatic rings. The van der Waals surface area contributed by atoms with Gasteiger partial charge in [-0.15, -0.1) is 0 Å². The van der Waals surface area contributed by atoms with E-state index in [0.29, 0.717) is 13.2 Å². The zero-order valence-corrected chi connectivity index (χ0v) is 44.0. The number of hydrogen-bond acceptors (Lipinski definition) is 4. The van der Waals surface area contributed by atoms with E-state index in [0.717, 1.165) is 80.7 Å². The van der Waals surface area contributed by atoms with Crippen LogP contribution in [0.2, 0.25) is 0 Å². The van der Waals surface area contributed by atoms with Gasteiger partial charge in [-0.05, 0) is 204 Å². The average molecular weight is 977 g/mol. The number of hydrogen-bond donors (Lipinski definition) is 0. The molecule has 0 bridgehead atoms. The van der Waals surface area contributed by atoms with Gasteiger partial charge in [0, 0.05) is 39.5 Å². The van der Waals surface area contributed by atoms with E-state index >= 15 is 0 Å². The molecule has 11 rings (SSSR count). The van der Waals surface area contributed by atoms with Crippen LogP contribution in [0.15, 0.2) is 231 Å². The predicted octanol–water partition coefficient (Wildman–Crippen LogP) is 19.8. The van der Waals surface area contributed by atoms with Crippen molar-refractivity contribution >= 4 is 34.1 Å². The largest absolute Gasteiger partial charge is 0.494 e. The molecule has 1 aliphatic rings. The van der Waals surface area contributed by atoms with Crippen LogP contribution < -0.4 is 19.3 Å². The molecule has 4 nitrogen and oxygen atoms in total. The molecule has 0 saturated heterocycles. The Kier molecular flexibility index (Phi) is 13.7. The second-order valence-corrected chi connectivity index (χ2v) is 19.8. The summed E-state index contributed by atoms with van der Waals surface area (Å²) >= 11 is 0. The van der Waals surface area contributed by atoms with Crippen molar-refractivity contribution in [2.75, 3.05) is 23.0 Å². The van der Waals surface area contributed by atoms with Crippen molar-refractivity contribution in [3.63, 3.8) is 0 Å². The van der Waals surface area contributed by atoms with Gasteiger partial charge in [0.2, 0.25) is 0 Å². The van der Waals surface area contributed by atoms with Crippen molar-refractivity contribution in [1.82, 2.24) is 0 Å². The van der Waals surface area contributed by atoms with Gasteiger partial charge in [-0.25, -0.2) is 0 Å². The van der Waals surface area contributed by atoms with Crippen molar-refractivity contribution in [2.45, 2.75) is 59.8 Å². The fraction of sp³-hybridized carbons (Fsp3) is 0.155. The highest BCUT2D eigenvalue weighted by Gasteiger charge is 2.41. The van der Waals surface area contributed by atoms with Crippen LogP contribution in [-0.4, -0.2) is 13.2 Å². The molecule has 370 valence electrons. The summed E-state index contributed by atoms with van der Waals surface area (Å²) in [6, 6.07) is 84.6. The van der Waals surface area contributed by atoms with Gasteiger partial charge >= 0.3 is 0 Å². The van der Waals surface area contributed by atoms with Crippen LogP contribution in [0, 0.1) is 13.8 Å². The second kappa shape index (κ2) is 21.1. The summed E-state index contributed by atoms with van der Waals surface area (Å²) in [5, 5.41) is 0. The van der Waals surface area contributed by atoms with Gasteiger partial charge in [0.15, 0.2) is 0 Å². The Bertz CT molecular complexity index is 3430. The fourth-order valence-corrected chi connectivity index (χ4v) is 11.4. The van der Waals surface area contributed by atoms with Gasteiger partial charge in [-0.2, -0.15) is 0 Å². The quantitative estimate of drug-likeness (QED) is 0.0963. The number of rotatable bonds is 16. The highest BCUT2D eigenvalue weighted by Crippen LogP contribution is 2.56. The van der Waals surface area contributed by atoms with E-state index in [2.05, 4.69) is 256 Å². The smallest absolute Gasteiger partial charge is 0.119 e. The maximum atomic E-state index is 5.88. The first-order chi connectivity index (χ1) is 36.7. The summed E-state index contributed by atoms with van der Waals surface area (Å²) in [5.41, 5.74) is 23.7. The van der Waals surface area contributed by atoms with E-state index in [4.69, 9.17) is 9.47 Å². The lowest BCUT2D eigenvalue weighted by molar-refractivity contribution is 0.340. The van der Waals surface area contributed by atoms with Crippen LogP contribution in [0.1, 0.15) is 62.8 Å². The minimum Gasteiger partial charge on any atom is -0.494 e. The van der Waals surface area contributed by atoms with Crippen LogP contribution in [0.5, 0.6) is 11.5 Å². The van der Waals surface area contributed by atoms with E-state index in [1.807, 2.05) is 26.0 Å². The molecule has 4 heteroatoms. The Hall–Kier alpha value is -8.60. The van der Waals surface area contributed by atoms with E-state index in [9.17, 15) is 0 Å². The number of fused-ring (bicyclic) bond motifs is 3. The summed E-state index contributed by atoms with van der Waals surface area (Å²) in [6.07, 6.45) is 1.91. The molecular formula is C71H64N2O2. The number of nitrogens with zero attached hydrogens (tertiary/aromatic N) is 2. The van der Waals surface area contributed by atoms with Gasteiger partial charge in [-0.1, -0.05) is 158 Å². The normalized spacial score (nSPS) is 12.2. The molecule has 0 fully saturated rings.